The molecule has 0 spiro atoms. The van der Waals surface area contributed by atoms with Crippen LogP contribution >= 0.6 is 22.7 Å². The number of carbonyl (C=O) groups is 1. The predicted molar refractivity (Wildman–Crippen MR) is 67.9 cm³/mol. The molecule has 2 aromatic heterocycles. The maximum atomic E-state index is 13.3. The normalized spacial score (nSPS) is 13.4. The van der Waals surface area contributed by atoms with Gasteiger partial charge in [0.1, 0.15) is 0 Å². The zero-order valence-electron chi connectivity index (χ0n) is 10.3. The van der Waals surface area contributed by atoms with Gasteiger partial charge in [0.25, 0.3) is 0 Å². The van der Waals surface area contributed by atoms with E-state index in [1.807, 2.05) is 0 Å². The second-order valence-corrected chi connectivity index (χ2v) is 6.15. The SMILES string of the molecule is O=C(c1ccc(-c2cccs2)s1)C(F)(F)C(F)(F)C(F)(F)F. The van der Waals surface area contributed by atoms with Gasteiger partial charge in [-0.25, -0.2) is 0 Å². The van der Waals surface area contributed by atoms with Gasteiger partial charge in [0.15, 0.2) is 0 Å². The molecule has 120 valence electrons. The second kappa shape index (κ2) is 5.34. The average Bonchev–Trinajstić information content (AvgIpc) is 3.06. The van der Waals surface area contributed by atoms with E-state index in [4.69, 9.17) is 0 Å². The first-order chi connectivity index (χ1) is 9.98. The lowest BCUT2D eigenvalue weighted by molar-refractivity contribution is -0.339. The van der Waals surface area contributed by atoms with Crippen LogP contribution in [-0.4, -0.2) is 23.8 Å². The van der Waals surface area contributed by atoms with Gasteiger partial charge in [0, 0.05) is 9.75 Å². The molecule has 0 radical (unpaired) electrons. The maximum absolute atomic E-state index is 13.3. The van der Waals surface area contributed by atoms with Gasteiger partial charge in [0.05, 0.1) is 4.88 Å². The Bertz CT molecular complexity index is 670. The fraction of sp³-hybridized carbons (Fsp3) is 0.250. The number of thiophene rings is 2. The van der Waals surface area contributed by atoms with Crippen molar-refractivity contribution in [2.24, 2.45) is 0 Å². The molecule has 0 aliphatic rings. The molecule has 0 fully saturated rings. The van der Waals surface area contributed by atoms with Crippen molar-refractivity contribution in [1.82, 2.24) is 0 Å². The van der Waals surface area contributed by atoms with E-state index in [2.05, 4.69) is 0 Å². The number of halogens is 7. The Morgan fingerprint density at radius 1 is 0.909 bits per heavy atom. The highest BCUT2D eigenvalue weighted by Crippen LogP contribution is 2.48. The minimum atomic E-state index is -6.53. The molecule has 2 rings (SSSR count). The standard InChI is InChI=1S/C12H5F7OS2/c13-10(14,11(15,16)12(17,18)19)9(20)8-4-3-7(22-8)6-2-1-5-21-6/h1-5H. The number of ketones is 1. The molecule has 0 aliphatic carbocycles. The van der Waals surface area contributed by atoms with Crippen molar-refractivity contribution in [3.05, 3.63) is 34.5 Å². The monoisotopic (exact) mass is 362 g/mol. The van der Waals surface area contributed by atoms with E-state index >= 15 is 0 Å². The summed E-state index contributed by atoms with van der Waals surface area (Å²) in [6.45, 7) is 0. The predicted octanol–water partition coefficient (Wildman–Crippen LogP) is 5.49. The van der Waals surface area contributed by atoms with Crippen molar-refractivity contribution >= 4 is 28.5 Å². The maximum Gasteiger partial charge on any atom is 0.460 e. The van der Waals surface area contributed by atoms with E-state index in [1.54, 1.807) is 17.5 Å². The Morgan fingerprint density at radius 3 is 2.05 bits per heavy atom. The number of carbonyl (C=O) groups excluding carboxylic acids is 1. The average molecular weight is 362 g/mol. The molecule has 0 saturated carbocycles. The summed E-state index contributed by atoms with van der Waals surface area (Å²) < 4.78 is 88.5. The number of Topliss-reactive ketones (excluding diaryl/α,β-unsaturated/α-hetero) is 1. The summed E-state index contributed by atoms with van der Waals surface area (Å²) in [5.41, 5.74) is 0. The van der Waals surface area contributed by atoms with Gasteiger partial charge in [-0.3, -0.25) is 4.79 Å². The third-order valence-electron chi connectivity index (χ3n) is 2.63. The molecule has 0 atom stereocenters. The van der Waals surface area contributed by atoms with E-state index < -0.39 is 28.7 Å². The minimum Gasteiger partial charge on any atom is -0.286 e. The summed E-state index contributed by atoms with van der Waals surface area (Å²) in [5, 5.41) is 1.66. The molecule has 22 heavy (non-hydrogen) atoms. The van der Waals surface area contributed by atoms with Gasteiger partial charge in [-0.2, -0.15) is 30.7 Å². The van der Waals surface area contributed by atoms with Crippen LogP contribution in [0.2, 0.25) is 0 Å². The van der Waals surface area contributed by atoms with E-state index in [0.29, 0.717) is 21.1 Å². The Kier molecular flexibility index (Phi) is 4.11. The van der Waals surface area contributed by atoms with Crippen molar-refractivity contribution in [2.75, 3.05) is 0 Å². The van der Waals surface area contributed by atoms with Crippen LogP contribution in [0, 0.1) is 0 Å². The van der Waals surface area contributed by atoms with Gasteiger partial charge < -0.3 is 0 Å². The van der Waals surface area contributed by atoms with Crippen LogP contribution in [0.1, 0.15) is 9.67 Å². The van der Waals surface area contributed by atoms with Crippen LogP contribution in [-0.2, 0) is 0 Å². The summed E-state index contributed by atoms with van der Waals surface area (Å²) in [6, 6.07) is 5.24. The van der Waals surface area contributed by atoms with Crippen molar-refractivity contribution in [3.63, 3.8) is 0 Å². The Morgan fingerprint density at radius 2 is 1.55 bits per heavy atom. The molecule has 0 N–H and O–H groups in total. The lowest BCUT2D eigenvalue weighted by Gasteiger charge is -2.26. The highest BCUT2D eigenvalue weighted by molar-refractivity contribution is 7.22. The molecule has 0 bridgehead atoms. The van der Waals surface area contributed by atoms with Crippen molar-refractivity contribution in [3.8, 4) is 9.75 Å². The first kappa shape index (κ1) is 16.9. The molecule has 0 aromatic carbocycles. The van der Waals surface area contributed by atoms with Gasteiger partial charge >= 0.3 is 18.0 Å². The Balaban J connectivity index is 2.35. The van der Waals surface area contributed by atoms with Gasteiger partial charge in [-0.05, 0) is 23.6 Å². The number of hydrogen-bond donors (Lipinski definition) is 0. The van der Waals surface area contributed by atoms with E-state index in [9.17, 15) is 35.5 Å². The van der Waals surface area contributed by atoms with Crippen molar-refractivity contribution in [2.45, 2.75) is 18.0 Å². The minimum absolute atomic E-state index is 0.324. The lowest BCUT2D eigenvalue weighted by atomic mass is 10.1. The van der Waals surface area contributed by atoms with Crippen molar-refractivity contribution in [1.29, 1.82) is 0 Å². The molecule has 0 amide bonds. The lowest BCUT2D eigenvalue weighted by Crippen LogP contribution is -2.56. The number of hydrogen-bond acceptors (Lipinski definition) is 3. The molecule has 0 saturated heterocycles. The molecule has 10 heteroatoms. The molecule has 0 aliphatic heterocycles. The fourth-order valence-corrected chi connectivity index (χ4v) is 3.30. The van der Waals surface area contributed by atoms with E-state index in [0.717, 1.165) is 6.07 Å². The van der Waals surface area contributed by atoms with Crippen LogP contribution < -0.4 is 0 Å². The number of rotatable bonds is 4. The summed E-state index contributed by atoms with van der Waals surface area (Å²) in [6.07, 6.45) is -6.53. The third kappa shape index (κ3) is 2.65. The third-order valence-corrected chi connectivity index (χ3v) is 4.78. The zero-order chi connectivity index (χ0) is 16.8. The highest BCUT2D eigenvalue weighted by atomic mass is 32.1. The summed E-state index contributed by atoms with van der Waals surface area (Å²) >= 11 is 1.63. The quantitative estimate of drug-likeness (QED) is 0.519. The van der Waals surface area contributed by atoms with Crippen LogP contribution in [0.15, 0.2) is 29.6 Å². The van der Waals surface area contributed by atoms with E-state index in [1.165, 1.54) is 17.4 Å². The van der Waals surface area contributed by atoms with Crippen LogP contribution in [0.3, 0.4) is 0 Å². The largest absolute Gasteiger partial charge is 0.460 e. The fourth-order valence-electron chi connectivity index (χ4n) is 1.49. The molecule has 2 heterocycles. The van der Waals surface area contributed by atoms with Crippen LogP contribution in [0.5, 0.6) is 0 Å². The Labute approximate surface area is 127 Å². The van der Waals surface area contributed by atoms with Crippen LogP contribution in [0.4, 0.5) is 30.7 Å². The second-order valence-electron chi connectivity index (χ2n) is 4.12. The topological polar surface area (TPSA) is 17.1 Å². The van der Waals surface area contributed by atoms with Gasteiger partial charge in [-0.15, -0.1) is 22.7 Å². The molecular weight excluding hydrogens is 357 g/mol. The van der Waals surface area contributed by atoms with Crippen molar-refractivity contribution < 1.29 is 35.5 Å². The van der Waals surface area contributed by atoms with E-state index in [-0.39, 0.29) is 0 Å². The van der Waals surface area contributed by atoms with Gasteiger partial charge in [-0.1, -0.05) is 6.07 Å². The first-order valence-electron chi connectivity index (χ1n) is 5.49. The van der Waals surface area contributed by atoms with Crippen LogP contribution in [0.25, 0.3) is 9.75 Å². The molecular formula is C12H5F7OS2. The molecule has 0 unspecified atom stereocenters. The molecule has 2 aromatic rings. The number of alkyl halides is 7. The molecule has 1 nitrogen and oxygen atoms in total. The highest BCUT2D eigenvalue weighted by Gasteiger charge is 2.76. The summed E-state index contributed by atoms with van der Waals surface area (Å²) in [7, 11) is 0. The zero-order valence-corrected chi connectivity index (χ0v) is 11.9. The smallest absolute Gasteiger partial charge is 0.286 e. The van der Waals surface area contributed by atoms with Gasteiger partial charge in [0.2, 0.25) is 5.78 Å². The summed E-state index contributed by atoms with van der Waals surface area (Å²) in [4.78, 5) is 11.5. The first-order valence-corrected chi connectivity index (χ1v) is 7.19. The Hall–Kier alpha value is -1.42. The summed E-state index contributed by atoms with van der Waals surface area (Å²) in [5.74, 6) is -14.9.